The van der Waals surface area contributed by atoms with Crippen LogP contribution >= 0.6 is 0 Å². The van der Waals surface area contributed by atoms with E-state index in [1.807, 2.05) is 30.3 Å². The van der Waals surface area contributed by atoms with Crippen LogP contribution in [0.5, 0.6) is 0 Å². The van der Waals surface area contributed by atoms with Crippen LogP contribution in [0.4, 0.5) is 0 Å². The highest BCUT2D eigenvalue weighted by Crippen LogP contribution is 2.35. The van der Waals surface area contributed by atoms with Gasteiger partial charge in [0.15, 0.2) is 17.5 Å². The van der Waals surface area contributed by atoms with Crippen LogP contribution in [0.3, 0.4) is 0 Å². The molecule has 3 heterocycles. The van der Waals surface area contributed by atoms with E-state index in [9.17, 15) is 0 Å². The van der Waals surface area contributed by atoms with Gasteiger partial charge in [-0.3, -0.25) is 0 Å². The van der Waals surface area contributed by atoms with Crippen molar-refractivity contribution in [2.45, 2.75) is 0 Å². The Bertz CT molecular complexity index is 3180. The van der Waals surface area contributed by atoms with Crippen molar-refractivity contribution in [2.75, 3.05) is 0 Å². The fraction of sp³-hybridized carbons (Fsp3) is 0. The van der Waals surface area contributed by atoms with Gasteiger partial charge in [-0.25, -0.2) is 15.0 Å². The average Bonchev–Trinajstić information content (AvgIpc) is 3.82. The smallest absolute Gasteiger partial charge is 0.164 e. The summed E-state index contributed by atoms with van der Waals surface area (Å²) in [5.41, 5.74) is 12.4. The van der Waals surface area contributed by atoms with Crippen molar-refractivity contribution < 1.29 is 4.42 Å². The molecule has 0 unspecified atom stereocenters. The molecule has 0 spiro atoms. The number of hydrogen-bond donors (Lipinski definition) is 0. The number of para-hydroxylation sites is 3. The third-order valence-corrected chi connectivity index (χ3v) is 10.7. The summed E-state index contributed by atoms with van der Waals surface area (Å²) in [7, 11) is 0. The average molecular weight is 717 g/mol. The van der Waals surface area contributed by atoms with E-state index in [1.165, 1.54) is 21.8 Å². The largest absolute Gasteiger partial charge is 0.456 e. The first kappa shape index (κ1) is 31.9. The van der Waals surface area contributed by atoms with Crippen LogP contribution in [-0.2, 0) is 0 Å². The predicted octanol–water partition coefficient (Wildman–Crippen LogP) is 13.2. The van der Waals surface area contributed by atoms with Crippen LogP contribution in [0.25, 0.3) is 106 Å². The zero-order valence-electron chi connectivity index (χ0n) is 30.2. The van der Waals surface area contributed by atoms with Gasteiger partial charge in [0.25, 0.3) is 0 Å². The Morgan fingerprint density at radius 1 is 0.304 bits per heavy atom. The number of aromatic nitrogens is 4. The van der Waals surface area contributed by atoms with Crippen molar-refractivity contribution in [1.82, 2.24) is 19.5 Å². The summed E-state index contributed by atoms with van der Waals surface area (Å²) >= 11 is 0. The fourth-order valence-corrected chi connectivity index (χ4v) is 7.91. The van der Waals surface area contributed by atoms with Crippen molar-refractivity contribution >= 4 is 43.7 Å². The Morgan fingerprint density at radius 2 is 0.768 bits per heavy atom. The zero-order chi connectivity index (χ0) is 37.0. The van der Waals surface area contributed by atoms with Crippen LogP contribution in [0.1, 0.15) is 0 Å². The summed E-state index contributed by atoms with van der Waals surface area (Å²) in [6, 6.07) is 67.6. The number of furan rings is 1. The molecule has 3 aromatic heterocycles. The molecule has 8 aromatic carbocycles. The third-order valence-electron chi connectivity index (χ3n) is 10.7. The molecule has 5 heteroatoms. The van der Waals surface area contributed by atoms with Gasteiger partial charge in [0.2, 0.25) is 0 Å². The topological polar surface area (TPSA) is 56.7 Å². The van der Waals surface area contributed by atoms with Crippen LogP contribution in [0, 0.1) is 0 Å². The first-order valence-electron chi connectivity index (χ1n) is 18.8. The second-order valence-corrected chi connectivity index (χ2v) is 14.1. The highest BCUT2D eigenvalue weighted by Gasteiger charge is 2.16. The SMILES string of the molecule is c1ccc(-c2ccc(-c3nc(-c4ccc(-c5cccc(-n6c7ccccc7c7ccccc76)c5)cc4)nc(-c4ccc5c(c4)oc4ccccc45)n3)cc2)cc1. The molecule has 0 saturated heterocycles. The molecule has 0 N–H and O–H groups in total. The normalized spacial score (nSPS) is 11.6. The number of nitrogens with zero attached hydrogens (tertiary/aromatic N) is 4. The minimum Gasteiger partial charge on any atom is -0.456 e. The summed E-state index contributed by atoms with van der Waals surface area (Å²) in [6.07, 6.45) is 0. The van der Waals surface area contributed by atoms with Crippen molar-refractivity contribution in [1.29, 1.82) is 0 Å². The number of benzene rings is 8. The molecule has 0 aliphatic heterocycles. The van der Waals surface area contributed by atoms with E-state index in [0.717, 1.165) is 66.6 Å². The van der Waals surface area contributed by atoms with E-state index < -0.39 is 0 Å². The number of fused-ring (bicyclic) bond motifs is 6. The molecule has 0 fully saturated rings. The summed E-state index contributed by atoms with van der Waals surface area (Å²) < 4.78 is 8.61. The molecule has 5 nitrogen and oxygen atoms in total. The molecule has 0 bridgehead atoms. The molecule has 0 aliphatic carbocycles. The molecular formula is C51H32N4O. The number of rotatable bonds is 6. The molecule has 0 amide bonds. The standard InChI is InChI=1S/C51H32N4O/c1-2-11-33(12-3-1)34-21-25-36(26-22-34)49-52-50(54-51(53-49)39-29-30-44-43-17-6-9-20-47(43)56-48(44)32-39)37-27-23-35(24-28-37)38-13-10-14-40(31-38)55-45-18-7-4-15-41(45)42-16-5-8-19-46(42)55/h1-32H. The zero-order valence-corrected chi connectivity index (χ0v) is 30.2. The second-order valence-electron chi connectivity index (χ2n) is 14.1. The highest BCUT2D eigenvalue weighted by molar-refractivity contribution is 6.09. The molecule has 11 rings (SSSR count). The van der Waals surface area contributed by atoms with E-state index >= 15 is 0 Å². The lowest BCUT2D eigenvalue weighted by atomic mass is 10.0. The lowest BCUT2D eigenvalue weighted by Gasteiger charge is -2.11. The van der Waals surface area contributed by atoms with Gasteiger partial charge in [-0.2, -0.15) is 0 Å². The molecular weight excluding hydrogens is 685 g/mol. The molecule has 11 aromatic rings. The maximum Gasteiger partial charge on any atom is 0.164 e. The van der Waals surface area contributed by atoms with E-state index in [4.69, 9.17) is 19.4 Å². The van der Waals surface area contributed by atoms with Crippen LogP contribution in [0.15, 0.2) is 199 Å². The van der Waals surface area contributed by atoms with E-state index in [0.29, 0.717) is 17.5 Å². The second kappa shape index (κ2) is 13.0. The molecule has 0 radical (unpaired) electrons. The van der Waals surface area contributed by atoms with Gasteiger partial charge < -0.3 is 8.98 Å². The Morgan fingerprint density at radius 3 is 1.43 bits per heavy atom. The van der Waals surface area contributed by atoms with Crippen molar-refractivity contribution in [3.8, 4) is 62.1 Å². The van der Waals surface area contributed by atoms with Gasteiger partial charge in [0, 0.05) is 43.9 Å². The molecule has 0 saturated carbocycles. The Balaban J connectivity index is 0.991. The highest BCUT2D eigenvalue weighted by atomic mass is 16.3. The van der Waals surface area contributed by atoms with Crippen LogP contribution in [-0.4, -0.2) is 19.5 Å². The van der Waals surface area contributed by atoms with Crippen LogP contribution in [0.2, 0.25) is 0 Å². The third kappa shape index (κ3) is 5.45. The van der Waals surface area contributed by atoms with Gasteiger partial charge in [-0.15, -0.1) is 0 Å². The van der Waals surface area contributed by atoms with Gasteiger partial charge in [-0.1, -0.05) is 152 Å². The van der Waals surface area contributed by atoms with Crippen LogP contribution < -0.4 is 0 Å². The van der Waals surface area contributed by atoms with Crippen molar-refractivity contribution in [3.05, 3.63) is 194 Å². The summed E-state index contributed by atoms with van der Waals surface area (Å²) in [5, 5.41) is 4.65. The first-order valence-corrected chi connectivity index (χ1v) is 18.8. The number of hydrogen-bond acceptors (Lipinski definition) is 4. The van der Waals surface area contributed by atoms with E-state index in [-0.39, 0.29) is 0 Å². The summed E-state index contributed by atoms with van der Waals surface area (Å²) in [5.74, 6) is 1.80. The quantitative estimate of drug-likeness (QED) is 0.172. The minimum atomic E-state index is 0.586. The Kier molecular flexibility index (Phi) is 7.42. The lowest BCUT2D eigenvalue weighted by molar-refractivity contribution is 0.669. The summed E-state index contributed by atoms with van der Waals surface area (Å²) in [6.45, 7) is 0. The first-order chi connectivity index (χ1) is 27.7. The maximum atomic E-state index is 6.26. The van der Waals surface area contributed by atoms with Gasteiger partial charge in [-0.05, 0) is 64.7 Å². The molecule has 262 valence electrons. The van der Waals surface area contributed by atoms with Crippen molar-refractivity contribution in [3.63, 3.8) is 0 Å². The minimum absolute atomic E-state index is 0.586. The van der Waals surface area contributed by atoms with E-state index in [2.05, 4.69) is 168 Å². The fourth-order valence-electron chi connectivity index (χ4n) is 7.91. The van der Waals surface area contributed by atoms with Gasteiger partial charge >= 0.3 is 0 Å². The lowest BCUT2D eigenvalue weighted by Crippen LogP contribution is -2.00. The van der Waals surface area contributed by atoms with Gasteiger partial charge in [0.05, 0.1) is 11.0 Å². The Hall–Kier alpha value is -7.63. The molecule has 56 heavy (non-hydrogen) atoms. The monoisotopic (exact) mass is 716 g/mol. The maximum absolute atomic E-state index is 6.26. The predicted molar refractivity (Wildman–Crippen MR) is 229 cm³/mol. The van der Waals surface area contributed by atoms with E-state index in [1.54, 1.807) is 0 Å². The molecule has 0 aliphatic rings. The molecule has 0 atom stereocenters. The van der Waals surface area contributed by atoms with Crippen molar-refractivity contribution in [2.24, 2.45) is 0 Å². The van der Waals surface area contributed by atoms with Gasteiger partial charge in [0.1, 0.15) is 11.2 Å². The Labute approximate surface area is 322 Å². The summed E-state index contributed by atoms with van der Waals surface area (Å²) in [4.78, 5) is 15.2.